The van der Waals surface area contributed by atoms with Crippen LogP contribution >= 0.6 is 11.8 Å². The van der Waals surface area contributed by atoms with Gasteiger partial charge in [0.1, 0.15) is 6.04 Å². The smallest absolute Gasteiger partial charge is 0.279 e. The van der Waals surface area contributed by atoms with Crippen molar-refractivity contribution < 1.29 is 9.69 Å². The van der Waals surface area contributed by atoms with E-state index in [0.29, 0.717) is 18.3 Å². The minimum absolute atomic E-state index is 0.00978. The highest BCUT2D eigenvalue weighted by Gasteiger charge is 2.28. The van der Waals surface area contributed by atoms with E-state index in [1.54, 1.807) is 0 Å². The monoisotopic (exact) mass is 366 g/mol. The third kappa shape index (κ3) is 4.46. The predicted octanol–water partition coefficient (Wildman–Crippen LogP) is 2.83. The predicted molar refractivity (Wildman–Crippen MR) is 105 cm³/mol. The minimum Gasteiger partial charge on any atom is -0.323 e. The molecule has 0 bridgehead atoms. The summed E-state index contributed by atoms with van der Waals surface area (Å²) >= 11 is 1.44. The fraction of sp³-hybridized carbons (Fsp3) is 0.333. The molecule has 3 rings (SSSR count). The first-order valence-electron chi connectivity index (χ1n) is 8.98. The summed E-state index contributed by atoms with van der Waals surface area (Å²) in [5, 5.41) is 11.8. The average Bonchev–Trinajstić information content (AvgIpc) is 2.66. The number of amides is 1. The molecule has 26 heavy (non-hydrogen) atoms. The summed E-state index contributed by atoms with van der Waals surface area (Å²) in [7, 11) is 2.10. The van der Waals surface area contributed by atoms with Crippen LogP contribution in [0.3, 0.4) is 0 Å². The Morgan fingerprint density at radius 2 is 2.04 bits per heavy atom. The lowest BCUT2D eigenvalue weighted by molar-refractivity contribution is -0.905. The van der Waals surface area contributed by atoms with Crippen LogP contribution < -0.4 is 10.2 Å². The average molecular weight is 367 g/mol. The molecule has 0 spiro atoms. The fourth-order valence-electron chi connectivity index (χ4n) is 3.64. The van der Waals surface area contributed by atoms with Crippen molar-refractivity contribution in [3.8, 4) is 6.07 Å². The number of nitrogens with zero attached hydrogens (tertiary/aromatic N) is 1. The van der Waals surface area contributed by atoms with Gasteiger partial charge in [-0.05, 0) is 30.5 Å². The lowest BCUT2D eigenvalue weighted by atomic mass is 9.87. The fourth-order valence-corrected chi connectivity index (χ4v) is 4.31. The Kier molecular flexibility index (Phi) is 6.32. The SMILES string of the molecule is C[NH+](CC(=O)Nc1ccccc1SCC#N)[C@@H]1CCCc2ccccc21. The summed E-state index contributed by atoms with van der Waals surface area (Å²) < 4.78 is 0. The molecule has 1 aliphatic carbocycles. The largest absolute Gasteiger partial charge is 0.323 e. The number of fused-ring (bicyclic) bond motifs is 1. The standard InChI is InChI=1S/C21H23N3OS/c1-24(19-11-6-8-16-7-2-3-9-17(16)19)15-21(25)23-18-10-4-5-12-20(18)26-14-13-22/h2-5,7,9-10,12,19H,6,8,11,14-15H2,1H3,(H,23,25)/p+1/t19-/m1/s1. The first-order valence-corrected chi connectivity index (χ1v) is 9.96. The van der Waals surface area contributed by atoms with Gasteiger partial charge in [-0.3, -0.25) is 4.79 Å². The molecule has 0 aliphatic heterocycles. The second-order valence-electron chi connectivity index (χ2n) is 6.66. The van der Waals surface area contributed by atoms with Gasteiger partial charge in [-0.2, -0.15) is 5.26 Å². The normalized spacial score (nSPS) is 17.0. The zero-order chi connectivity index (χ0) is 18.4. The van der Waals surface area contributed by atoms with Crippen molar-refractivity contribution in [3.63, 3.8) is 0 Å². The van der Waals surface area contributed by atoms with E-state index < -0.39 is 0 Å². The van der Waals surface area contributed by atoms with E-state index in [9.17, 15) is 4.79 Å². The molecule has 1 aliphatic rings. The van der Waals surface area contributed by atoms with Gasteiger partial charge in [0.2, 0.25) is 0 Å². The van der Waals surface area contributed by atoms with Crippen LogP contribution in [-0.4, -0.2) is 25.3 Å². The summed E-state index contributed by atoms with van der Waals surface area (Å²) in [6, 6.07) is 18.7. The lowest BCUT2D eigenvalue weighted by Gasteiger charge is -2.30. The number of aryl methyl sites for hydroxylation is 1. The quantitative estimate of drug-likeness (QED) is 0.773. The number of anilines is 1. The highest BCUT2D eigenvalue weighted by Crippen LogP contribution is 2.28. The molecule has 0 saturated carbocycles. The maximum atomic E-state index is 12.6. The molecule has 2 aromatic rings. The Labute approximate surface area is 159 Å². The third-order valence-corrected chi connectivity index (χ3v) is 5.80. The summed E-state index contributed by atoms with van der Waals surface area (Å²) in [4.78, 5) is 14.7. The van der Waals surface area contributed by atoms with Crippen molar-refractivity contribution in [1.82, 2.24) is 0 Å². The molecule has 0 radical (unpaired) electrons. The number of benzene rings is 2. The summed E-state index contributed by atoms with van der Waals surface area (Å²) in [6.07, 6.45) is 3.43. The van der Waals surface area contributed by atoms with Crippen molar-refractivity contribution in [3.05, 3.63) is 59.7 Å². The number of hydrogen-bond donors (Lipinski definition) is 2. The molecule has 2 aromatic carbocycles. The van der Waals surface area contributed by atoms with Crippen LogP contribution in [0.25, 0.3) is 0 Å². The zero-order valence-electron chi connectivity index (χ0n) is 15.0. The number of likely N-dealkylation sites (N-methyl/N-ethyl adjacent to an activating group) is 1. The Morgan fingerprint density at radius 3 is 2.88 bits per heavy atom. The van der Waals surface area contributed by atoms with Gasteiger partial charge < -0.3 is 10.2 Å². The highest BCUT2D eigenvalue weighted by molar-refractivity contribution is 7.99. The van der Waals surface area contributed by atoms with E-state index in [2.05, 4.69) is 42.7 Å². The van der Waals surface area contributed by atoms with Gasteiger partial charge in [-0.1, -0.05) is 36.4 Å². The number of carbonyl (C=O) groups excluding carboxylic acids is 1. The molecule has 5 heteroatoms. The van der Waals surface area contributed by atoms with Crippen molar-refractivity contribution in [2.45, 2.75) is 30.2 Å². The maximum Gasteiger partial charge on any atom is 0.279 e. The Morgan fingerprint density at radius 1 is 1.27 bits per heavy atom. The molecule has 0 saturated heterocycles. The van der Waals surface area contributed by atoms with Crippen molar-refractivity contribution in [1.29, 1.82) is 5.26 Å². The Bertz CT molecular complexity index is 815. The first-order chi connectivity index (χ1) is 12.7. The van der Waals surface area contributed by atoms with Crippen LogP contribution in [-0.2, 0) is 11.2 Å². The lowest BCUT2D eigenvalue weighted by Crippen LogP contribution is -3.10. The van der Waals surface area contributed by atoms with Gasteiger partial charge in [0.15, 0.2) is 6.54 Å². The second kappa shape index (κ2) is 8.88. The van der Waals surface area contributed by atoms with Gasteiger partial charge >= 0.3 is 0 Å². The third-order valence-electron chi connectivity index (χ3n) is 4.86. The van der Waals surface area contributed by atoms with Crippen LogP contribution in [0.1, 0.15) is 30.0 Å². The topological polar surface area (TPSA) is 57.3 Å². The van der Waals surface area contributed by atoms with E-state index in [1.807, 2.05) is 24.3 Å². The molecule has 134 valence electrons. The van der Waals surface area contributed by atoms with Crippen molar-refractivity contribution >= 4 is 23.4 Å². The van der Waals surface area contributed by atoms with Crippen LogP contribution in [0.5, 0.6) is 0 Å². The number of para-hydroxylation sites is 1. The molecular formula is C21H24N3OS+. The maximum absolute atomic E-state index is 12.6. The van der Waals surface area contributed by atoms with Crippen LogP contribution in [0.4, 0.5) is 5.69 Å². The van der Waals surface area contributed by atoms with Crippen LogP contribution in [0.15, 0.2) is 53.4 Å². The van der Waals surface area contributed by atoms with E-state index in [4.69, 9.17) is 5.26 Å². The van der Waals surface area contributed by atoms with E-state index in [-0.39, 0.29) is 5.91 Å². The highest BCUT2D eigenvalue weighted by atomic mass is 32.2. The summed E-state index contributed by atoms with van der Waals surface area (Å²) in [5.74, 6) is 0.382. The van der Waals surface area contributed by atoms with Gasteiger partial charge in [0.25, 0.3) is 5.91 Å². The number of hydrogen-bond acceptors (Lipinski definition) is 3. The molecular weight excluding hydrogens is 342 g/mol. The Hall–Kier alpha value is -2.29. The molecule has 0 fully saturated rings. The van der Waals surface area contributed by atoms with Gasteiger partial charge in [-0.15, -0.1) is 11.8 Å². The molecule has 0 aromatic heterocycles. The summed E-state index contributed by atoms with van der Waals surface area (Å²) in [6.45, 7) is 0.427. The molecule has 1 amide bonds. The molecule has 2 atom stereocenters. The second-order valence-corrected chi connectivity index (χ2v) is 7.68. The number of nitrogens with one attached hydrogen (secondary N) is 2. The zero-order valence-corrected chi connectivity index (χ0v) is 15.8. The number of nitriles is 1. The van der Waals surface area contributed by atoms with Crippen molar-refractivity contribution in [2.75, 3.05) is 24.7 Å². The molecule has 1 unspecified atom stereocenters. The molecule has 2 N–H and O–H groups in total. The number of thioether (sulfide) groups is 1. The molecule has 4 nitrogen and oxygen atoms in total. The van der Waals surface area contributed by atoms with Gasteiger partial charge in [0.05, 0.1) is 24.6 Å². The minimum atomic E-state index is 0.00978. The first kappa shape index (κ1) is 18.5. The number of carbonyl (C=O) groups is 1. The number of rotatable bonds is 6. The van der Waals surface area contributed by atoms with Gasteiger partial charge in [-0.25, -0.2) is 0 Å². The van der Waals surface area contributed by atoms with E-state index >= 15 is 0 Å². The Balaban J connectivity index is 1.65. The van der Waals surface area contributed by atoms with Crippen LogP contribution in [0, 0.1) is 11.3 Å². The van der Waals surface area contributed by atoms with E-state index in [1.165, 1.54) is 34.2 Å². The summed E-state index contributed by atoms with van der Waals surface area (Å²) in [5.41, 5.74) is 3.59. The van der Waals surface area contributed by atoms with Gasteiger partial charge in [0, 0.05) is 16.9 Å². The van der Waals surface area contributed by atoms with E-state index in [0.717, 1.165) is 23.4 Å². The molecule has 0 heterocycles. The van der Waals surface area contributed by atoms with Crippen molar-refractivity contribution in [2.24, 2.45) is 0 Å². The van der Waals surface area contributed by atoms with Crippen LogP contribution in [0.2, 0.25) is 0 Å². The number of quaternary nitrogens is 1.